The van der Waals surface area contributed by atoms with Crippen LogP contribution >= 0.6 is 12.6 Å². The average Bonchev–Trinajstić information content (AvgIpc) is 2.44. The summed E-state index contributed by atoms with van der Waals surface area (Å²) in [4.78, 5) is 9.95. The second-order valence-corrected chi connectivity index (χ2v) is 3.55. The lowest BCUT2D eigenvalue weighted by molar-refractivity contribution is -0.384. The Kier molecular flexibility index (Phi) is 20.6. The van der Waals surface area contributed by atoms with Crippen LogP contribution in [0.15, 0.2) is 18.2 Å². The van der Waals surface area contributed by atoms with E-state index in [0.717, 1.165) is 11.1 Å². The molecule has 0 saturated heterocycles. The third kappa shape index (κ3) is 11.8. The van der Waals surface area contributed by atoms with Crippen molar-refractivity contribution in [3.63, 3.8) is 0 Å². The Morgan fingerprint density at radius 2 is 1.58 bits per heavy atom. The molecule has 1 aromatic rings. The zero-order valence-electron chi connectivity index (χ0n) is 13.4. The quantitative estimate of drug-likeness (QED) is 0.424. The van der Waals surface area contributed by atoms with E-state index in [2.05, 4.69) is 26.5 Å². The monoisotopic (exact) mass is 287 g/mol. The number of aryl methyl sites for hydroxylation is 1. The van der Waals surface area contributed by atoms with E-state index in [4.69, 9.17) is 0 Å². The molecule has 0 unspecified atom stereocenters. The summed E-state index contributed by atoms with van der Waals surface area (Å²) in [6, 6.07) is 4.80. The zero-order valence-corrected chi connectivity index (χ0v) is 14.3. The van der Waals surface area contributed by atoms with Crippen molar-refractivity contribution in [3.05, 3.63) is 39.4 Å². The molecule has 19 heavy (non-hydrogen) atoms. The van der Waals surface area contributed by atoms with Crippen LogP contribution in [0.5, 0.6) is 0 Å². The molecular formula is C15H29NO2S. The smallest absolute Gasteiger partial charge is 0.258 e. The van der Waals surface area contributed by atoms with Crippen LogP contribution in [0.25, 0.3) is 0 Å². The van der Waals surface area contributed by atoms with Crippen LogP contribution in [-0.4, -0.2) is 4.92 Å². The number of nitrogens with zero attached hydrogens (tertiary/aromatic N) is 1. The molecule has 0 amide bonds. The second kappa shape index (κ2) is 17.0. The number of rotatable bonds is 2. The summed E-state index contributed by atoms with van der Waals surface area (Å²) in [7, 11) is 0. The number of hydrogen-bond acceptors (Lipinski definition) is 3. The van der Waals surface area contributed by atoms with Gasteiger partial charge in [0.15, 0.2) is 0 Å². The molecule has 112 valence electrons. The molecule has 0 N–H and O–H groups in total. The molecule has 0 aliphatic rings. The molecule has 3 nitrogen and oxygen atoms in total. The van der Waals surface area contributed by atoms with E-state index in [1.807, 2.05) is 34.6 Å². The SMILES string of the molecule is CC.CC.CCC.Cc1cc([N+](=O)[O-])ccc1CS. The molecule has 0 aliphatic carbocycles. The number of thiol groups is 1. The van der Waals surface area contributed by atoms with Crippen LogP contribution in [0, 0.1) is 17.0 Å². The highest BCUT2D eigenvalue weighted by Gasteiger charge is 2.06. The van der Waals surface area contributed by atoms with Crippen LogP contribution in [0.3, 0.4) is 0 Å². The lowest BCUT2D eigenvalue weighted by Gasteiger charge is -2.00. The topological polar surface area (TPSA) is 43.1 Å². The number of hydrogen-bond donors (Lipinski definition) is 1. The first-order valence-corrected chi connectivity index (χ1v) is 7.54. The van der Waals surface area contributed by atoms with Gasteiger partial charge in [0.2, 0.25) is 0 Å². The Labute approximate surface area is 124 Å². The molecule has 0 heterocycles. The first-order chi connectivity index (χ1) is 9.06. The van der Waals surface area contributed by atoms with E-state index in [-0.39, 0.29) is 5.69 Å². The summed E-state index contributed by atoms with van der Waals surface area (Å²) < 4.78 is 0. The van der Waals surface area contributed by atoms with Gasteiger partial charge in [-0.05, 0) is 18.1 Å². The summed E-state index contributed by atoms with van der Waals surface area (Å²) in [6.45, 7) is 14.1. The molecule has 0 spiro atoms. The standard InChI is InChI=1S/C8H9NO2S.C3H8.2C2H6/c1-6-4-8(9(10)11)3-2-7(6)5-12;1-3-2;2*1-2/h2-4,12H,5H2,1H3;3H2,1-2H3;2*1-2H3. The molecule has 0 fully saturated rings. The fourth-order valence-corrected chi connectivity index (χ4v) is 1.33. The second-order valence-electron chi connectivity index (χ2n) is 3.23. The summed E-state index contributed by atoms with van der Waals surface area (Å²) in [5.74, 6) is 0.615. The van der Waals surface area contributed by atoms with Gasteiger partial charge in [0.25, 0.3) is 5.69 Å². The maximum atomic E-state index is 10.3. The van der Waals surface area contributed by atoms with E-state index in [1.54, 1.807) is 12.1 Å². The fraction of sp³-hybridized carbons (Fsp3) is 0.600. The van der Waals surface area contributed by atoms with Gasteiger partial charge >= 0.3 is 0 Å². The number of non-ortho nitro benzene ring substituents is 1. The molecule has 1 aromatic carbocycles. The summed E-state index contributed by atoms with van der Waals surface area (Å²) in [5.41, 5.74) is 2.08. The van der Waals surface area contributed by atoms with Crippen molar-refractivity contribution in [1.29, 1.82) is 0 Å². The lowest BCUT2D eigenvalue weighted by atomic mass is 10.1. The Morgan fingerprint density at radius 3 is 1.84 bits per heavy atom. The number of benzene rings is 1. The van der Waals surface area contributed by atoms with Gasteiger partial charge in [0.05, 0.1) is 4.92 Å². The van der Waals surface area contributed by atoms with Crippen LogP contribution in [0.4, 0.5) is 5.69 Å². The first kappa shape index (κ1) is 23.1. The maximum Gasteiger partial charge on any atom is 0.269 e. The molecule has 1 rings (SSSR count). The summed E-state index contributed by atoms with van der Waals surface area (Å²) in [6.07, 6.45) is 1.25. The highest BCUT2D eigenvalue weighted by Crippen LogP contribution is 2.17. The van der Waals surface area contributed by atoms with E-state index in [1.165, 1.54) is 12.5 Å². The van der Waals surface area contributed by atoms with Crippen molar-refractivity contribution >= 4 is 18.3 Å². The minimum Gasteiger partial charge on any atom is -0.258 e. The predicted octanol–water partition coefficient (Wildman–Crippen LogP) is 5.80. The van der Waals surface area contributed by atoms with Crippen LogP contribution in [0.2, 0.25) is 0 Å². The molecule has 4 heteroatoms. The van der Waals surface area contributed by atoms with E-state index < -0.39 is 4.92 Å². The van der Waals surface area contributed by atoms with Crippen LogP contribution in [-0.2, 0) is 5.75 Å². The first-order valence-electron chi connectivity index (χ1n) is 6.91. The molecule has 0 saturated carbocycles. The number of nitro benzene ring substituents is 1. The highest BCUT2D eigenvalue weighted by atomic mass is 32.1. The Morgan fingerprint density at radius 1 is 1.16 bits per heavy atom. The summed E-state index contributed by atoms with van der Waals surface area (Å²) in [5, 5.41) is 10.3. The highest BCUT2D eigenvalue weighted by molar-refractivity contribution is 7.79. The van der Waals surface area contributed by atoms with Crippen molar-refractivity contribution in [1.82, 2.24) is 0 Å². The van der Waals surface area contributed by atoms with Crippen molar-refractivity contribution in [3.8, 4) is 0 Å². The van der Waals surface area contributed by atoms with Gasteiger partial charge < -0.3 is 0 Å². The van der Waals surface area contributed by atoms with E-state index >= 15 is 0 Å². The Bertz CT molecular complexity index is 328. The van der Waals surface area contributed by atoms with Gasteiger partial charge in [-0.15, -0.1) is 0 Å². The van der Waals surface area contributed by atoms with Gasteiger partial charge in [0, 0.05) is 17.9 Å². The summed E-state index contributed by atoms with van der Waals surface area (Å²) >= 11 is 4.10. The van der Waals surface area contributed by atoms with Gasteiger partial charge in [-0.25, -0.2) is 0 Å². The molecule has 0 aliphatic heterocycles. The van der Waals surface area contributed by atoms with Gasteiger partial charge in [-0.2, -0.15) is 12.6 Å². The van der Waals surface area contributed by atoms with Crippen molar-refractivity contribution < 1.29 is 4.92 Å². The molecule has 0 atom stereocenters. The zero-order chi connectivity index (χ0) is 15.8. The minimum atomic E-state index is -0.394. The third-order valence-electron chi connectivity index (χ3n) is 1.71. The van der Waals surface area contributed by atoms with Crippen molar-refractivity contribution in [2.24, 2.45) is 0 Å². The van der Waals surface area contributed by atoms with E-state index in [9.17, 15) is 10.1 Å². The molecule has 0 bridgehead atoms. The largest absolute Gasteiger partial charge is 0.269 e. The third-order valence-corrected chi connectivity index (χ3v) is 2.05. The fourth-order valence-electron chi connectivity index (χ4n) is 0.971. The maximum absolute atomic E-state index is 10.3. The Hall–Kier alpha value is -1.03. The van der Waals surface area contributed by atoms with Crippen molar-refractivity contribution in [2.45, 2.75) is 60.6 Å². The van der Waals surface area contributed by atoms with E-state index in [0.29, 0.717) is 5.75 Å². The van der Waals surface area contributed by atoms with Gasteiger partial charge in [-0.3, -0.25) is 10.1 Å². The predicted molar refractivity (Wildman–Crippen MR) is 89.2 cm³/mol. The molecular weight excluding hydrogens is 258 g/mol. The molecule has 0 radical (unpaired) electrons. The lowest BCUT2D eigenvalue weighted by Crippen LogP contribution is -1.91. The van der Waals surface area contributed by atoms with Crippen LogP contribution in [0.1, 0.15) is 59.1 Å². The minimum absolute atomic E-state index is 0.137. The van der Waals surface area contributed by atoms with Gasteiger partial charge in [-0.1, -0.05) is 54.0 Å². The molecule has 0 aromatic heterocycles. The number of nitro groups is 1. The van der Waals surface area contributed by atoms with Crippen molar-refractivity contribution in [2.75, 3.05) is 0 Å². The normalized spacial score (nSPS) is 7.79. The van der Waals surface area contributed by atoms with Crippen LogP contribution < -0.4 is 0 Å². The average molecular weight is 287 g/mol. The van der Waals surface area contributed by atoms with Gasteiger partial charge in [0.1, 0.15) is 0 Å². The Balaban J connectivity index is -0.000000313.